The number of aliphatic hydroxyl groups is 8. The van der Waals surface area contributed by atoms with E-state index in [1.165, 1.54) is 0 Å². The van der Waals surface area contributed by atoms with Crippen LogP contribution in [0.3, 0.4) is 0 Å². The number of ether oxygens (including phenoxy) is 5. The van der Waals surface area contributed by atoms with Gasteiger partial charge in [-0.1, -0.05) is 125 Å². The minimum absolute atomic E-state index is 0.0815. The Morgan fingerprint density at radius 3 is 1.44 bits per heavy atom. The third-order valence-electron chi connectivity index (χ3n) is 11.1. The molecule has 1 aliphatic heterocycles. The van der Waals surface area contributed by atoms with Crippen molar-refractivity contribution in [2.45, 2.75) is 204 Å². The molecular weight excluding hydrogens is 881 g/mol. The molecule has 1 aliphatic rings. The third kappa shape index (κ3) is 30.3. The molecule has 0 aromatic carbocycles. The Morgan fingerprint density at radius 2 is 0.971 bits per heavy atom. The van der Waals surface area contributed by atoms with Gasteiger partial charge in [-0.3, -0.25) is 9.59 Å². The molecule has 8 N–H and O–H groups in total. The molecule has 0 aromatic heterocycles. The molecule has 68 heavy (non-hydrogen) atoms. The standard InChI is InChI=1S/C52H86O16/c1-3-5-7-9-11-13-15-17-19-21-23-25-27-29-31-33-43(55)64-36-40(37-65-44(56)34-32-30-28-26-24-22-20-18-16-14-12-10-8-6-4-2)38-67-52-50(62)48(60)46(58)42(68-52)39-66-51(63)49(61)47(59)45(57)41(54)35-53/h5-8,11-14,17-20,35,40-42,45-52,54,57-63H,3-4,9-10,15-16,21-34,36-39H2,1-2H3/b7-5+,8-6+,13-11+,14-12+,19-17+,20-18+/t41-,42+,45-,46-,47+,48-,49-,50+,51-,52+/m0/s1. The number of unbranched alkanes of at least 4 members (excludes halogenated alkanes) is 10. The van der Waals surface area contributed by atoms with Crippen LogP contribution in [0.1, 0.15) is 142 Å². The predicted molar refractivity (Wildman–Crippen MR) is 259 cm³/mol. The van der Waals surface area contributed by atoms with E-state index in [-0.39, 0.29) is 38.9 Å². The summed E-state index contributed by atoms with van der Waals surface area (Å²) < 4.78 is 27.5. The fraction of sp³-hybridized carbons (Fsp3) is 0.712. The molecule has 390 valence electrons. The number of carbonyl (C=O) groups is 3. The molecule has 0 unspecified atom stereocenters. The molecule has 1 rings (SSSR count). The van der Waals surface area contributed by atoms with Gasteiger partial charge in [0.2, 0.25) is 0 Å². The van der Waals surface area contributed by atoms with Crippen LogP contribution < -0.4 is 0 Å². The average Bonchev–Trinajstić information content (AvgIpc) is 3.34. The number of carbonyl (C=O) groups excluding carboxylic acids is 3. The van der Waals surface area contributed by atoms with E-state index >= 15 is 0 Å². The van der Waals surface area contributed by atoms with Crippen LogP contribution in [-0.4, -0.2) is 147 Å². The maximum Gasteiger partial charge on any atom is 0.305 e. The average molecular weight is 967 g/mol. The molecule has 1 heterocycles. The lowest BCUT2D eigenvalue weighted by molar-refractivity contribution is -0.314. The summed E-state index contributed by atoms with van der Waals surface area (Å²) in [5.74, 6) is -1.59. The highest BCUT2D eigenvalue weighted by molar-refractivity contribution is 5.69. The summed E-state index contributed by atoms with van der Waals surface area (Å²) in [6, 6.07) is 0. The number of hydrogen-bond donors (Lipinski definition) is 8. The van der Waals surface area contributed by atoms with Crippen molar-refractivity contribution >= 4 is 18.2 Å². The lowest BCUT2D eigenvalue weighted by Gasteiger charge is -2.40. The van der Waals surface area contributed by atoms with Crippen molar-refractivity contribution in [3.63, 3.8) is 0 Å². The summed E-state index contributed by atoms with van der Waals surface area (Å²) in [6.07, 6.45) is 24.1. The number of rotatable bonds is 41. The molecule has 16 heteroatoms. The molecule has 1 saturated heterocycles. The molecule has 0 radical (unpaired) electrons. The molecule has 0 aromatic rings. The predicted octanol–water partition coefficient (Wildman–Crippen LogP) is 5.67. The molecule has 16 nitrogen and oxygen atoms in total. The minimum atomic E-state index is -2.23. The molecule has 0 saturated carbocycles. The summed E-state index contributed by atoms with van der Waals surface area (Å²) in [6.45, 7) is 2.83. The molecule has 10 atom stereocenters. The van der Waals surface area contributed by atoms with E-state index in [2.05, 4.69) is 86.8 Å². The molecule has 1 fully saturated rings. The molecule has 0 amide bonds. The number of aliphatic hydroxyl groups excluding tert-OH is 8. The van der Waals surface area contributed by atoms with Crippen LogP contribution in [0.2, 0.25) is 0 Å². The number of hydrogen-bond acceptors (Lipinski definition) is 16. The van der Waals surface area contributed by atoms with E-state index in [9.17, 15) is 55.2 Å². The largest absolute Gasteiger partial charge is 0.465 e. The topological polar surface area (TPSA) is 259 Å². The maximum atomic E-state index is 12.7. The first kappa shape index (κ1) is 62.6. The number of esters is 2. The van der Waals surface area contributed by atoms with Crippen LogP contribution in [0.15, 0.2) is 72.9 Å². The minimum Gasteiger partial charge on any atom is -0.465 e. The number of allylic oxidation sites excluding steroid dienone is 12. The second-order valence-corrected chi connectivity index (χ2v) is 17.1. The summed E-state index contributed by atoms with van der Waals surface area (Å²) >= 11 is 0. The third-order valence-corrected chi connectivity index (χ3v) is 11.1. The van der Waals surface area contributed by atoms with Crippen molar-refractivity contribution in [1.29, 1.82) is 0 Å². The van der Waals surface area contributed by atoms with Crippen LogP contribution >= 0.6 is 0 Å². The van der Waals surface area contributed by atoms with Crippen LogP contribution in [0.25, 0.3) is 0 Å². The van der Waals surface area contributed by atoms with Crippen LogP contribution in [0, 0.1) is 5.92 Å². The lowest BCUT2D eigenvalue weighted by Crippen LogP contribution is -2.60. The second kappa shape index (κ2) is 41.4. The highest BCUT2D eigenvalue weighted by atomic mass is 16.7. The normalized spacial score (nSPS) is 21.5. The van der Waals surface area contributed by atoms with Crippen molar-refractivity contribution in [3.8, 4) is 0 Å². The van der Waals surface area contributed by atoms with Crippen LogP contribution in [-0.2, 0) is 38.1 Å². The van der Waals surface area contributed by atoms with Gasteiger partial charge >= 0.3 is 11.9 Å². The van der Waals surface area contributed by atoms with Gasteiger partial charge in [0.05, 0.1) is 32.3 Å². The molecule has 0 spiro atoms. The summed E-state index contributed by atoms with van der Waals surface area (Å²) in [5, 5.41) is 81.4. The van der Waals surface area contributed by atoms with Gasteiger partial charge in [-0.05, 0) is 77.0 Å². The van der Waals surface area contributed by atoms with Gasteiger partial charge in [0.15, 0.2) is 18.9 Å². The van der Waals surface area contributed by atoms with Gasteiger partial charge in [0.1, 0.15) is 48.8 Å². The van der Waals surface area contributed by atoms with Crippen molar-refractivity contribution < 1.29 is 78.9 Å². The Labute approximate surface area is 405 Å². The van der Waals surface area contributed by atoms with Crippen molar-refractivity contribution in [1.82, 2.24) is 0 Å². The van der Waals surface area contributed by atoms with E-state index in [0.717, 1.165) is 103 Å². The second-order valence-electron chi connectivity index (χ2n) is 17.1. The SMILES string of the molecule is CC/C=C/C/C=C/C/C=C/CCCCCCCC(=O)OCC(COC(=O)CCCCCCC/C=C/C/C=C/C/C=C/CC)CO[C@@H]1O[C@H](CO[C@H](O)[C@@H](O)[C@H](O)[C@@H](O)[C@@H](O)C=O)[C@H](O)[C@H](O)[C@H]1O. The van der Waals surface area contributed by atoms with Crippen molar-refractivity contribution in [2.75, 3.05) is 26.4 Å². The lowest BCUT2D eigenvalue weighted by atomic mass is 9.99. The van der Waals surface area contributed by atoms with Crippen LogP contribution in [0.4, 0.5) is 0 Å². The maximum absolute atomic E-state index is 12.7. The van der Waals surface area contributed by atoms with Crippen molar-refractivity contribution in [2.24, 2.45) is 5.92 Å². The first-order valence-corrected chi connectivity index (χ1v) is 24.9. The Morgan fingerprint density at radius 1 is 0.529 bits per heavy atom. The Bertz CT molecular complexity index is 1390. The van der Waals surface area contributed by atoms with E-state index in [4.69, 9.17) is 23.7 Å². The summed E-state index contributed by atoms with van der Waals surface area (Å²) in [4.78, 5) is 36.2. The highest BCUT2D eigenvalue weighted by Gasteiger charge is 2.45. The van der Waals surface area contributed by atoms with E-state index in [1.54, 1.807) is 0 Å². The first-order chi connectivity index (χ1) is 32.9. The zero-order chi connectivity index (χ0) is 50.2. The summed E-state index contributed by atoms with van der Waals surface area (Å²) in [7, 11) is 0. The Hall–Kier alpha value is -3.39. The van der Waals surface area contributed by atoms with Crippen LogP contribution in [0.5, 0.6) is 0 Å². The monoisotopic (exact) mass is 967 g/mol. The zero-order valence-electron chi connectivity index (χ0n) is 40.7. The number of aldehydes is 1. The molecule has 0 aliphatic carbocycles. The molecule has 0 bridgehead atoms. The van der Waals surface area contributed by atoms with Gasteiger partial charge in [-0.15, -0.1) is 0 Å². The molecular formula is C52H86O16. The van der Waals surface area contributed by atoms with E-state index in [1.807, 2.05) is 0 Å². The zero-order valence-corrected chi connectivity index (χ0v) is 40.7. The van der Waals surface area contributed by atoms with E-state index < -0.39 is 85.9 Å². The summed E-state index contributed by atoms with van der Waals surface area (Å²) in [5.41, 5.74) is 0. The quantitative estimate of drug-likeness (QED) is 0.0121. The Balaban J connectivity index is 2.67. The van der Waals surface area contributed by atoms with Gasteiger partial charge in [0, 0.05) is 12.8 Å². The van der Waals surface area contributed by atoms with Gasteiger partial charge < -0.3 is 69.3 Å². The Kier molecular flexibility index (Phi) is 38.1. The smallest absolute Gasteiger partial charge is 0.305 e. The fourth-order valence-electron chi connectivity index (χ4n) is 6.86. The van der Waals surface area contributed by atoms with Crippen molar-refractivity contribution in [3.05, 3.63) is 72.9 Å². The van der Waals surface area contributed by atoms with Gasteiger partial charge in [-0.2, -0.15) is 0 Å². The van der Waals surface area contributed by atoms with Gasteiger partial charge in [0.25, 0.3) is 0 Å². The highest BCUT2D eigenvalue weighted by Crippen LogP contribution is 2.24. The first-order valence-electron chi connectivity index (χ1n) is 24.9. The fourth-order valence-corrected chi connectivity index (χ4v) is 6.86. The van der Waals surface area contributed by atoms with Gasteiger partial charge in [-0.25, -0.2) is 0 Å². The van der Waals surface area contributed by atoms with E-state index in [0.29, 0.717) is 12.8 Å².